The zero-order chi connectivity index (χ0) is 38.4. The van der Waals surface area contributed by atoms with Gasteiger partial charge in [0.1, 0.15) is 31.3 Å². The van der Waals surface area contributed by atoms with E-state index >= 15 is 0 Å². The number of anilines is 2. The van der Waals surface area contributed by atoms with E-state index in [0.29, 0.717) is 108 Å². The molecule has 0 spiro atoms. The maximum Gasteiger partial charge on any atom is 0.184 e. The zero-order valence-electron chi connectivity index (χ0n) is 32.3. The molecule has 0 amide bonds. The minimum atomic E-state index is -0.853. The van der Waals surface area contributed by atoms with Gasteiger partial charge in [-0.15, -0.1) is 15.3 Å². The fourth-order valence-corrected chi connectivity index (χ4v) is 7.04. The lowest BCUT2D eigenvalue weighted by Crippen LogP contribution is -3.04. The van der Waals surface area contributed by atoms with Gasteiger partial charge in [-0.2, -0.15) is 0 Å². The Kier molecular flexibility index (Phi) is 8.32. The van der Waals surface area contributed by atoms with Gasteiger partial charge < -0.3 is 30.6 Å². The Bertz CT molecular complexity index is 2250. The summed E-state index contributed by atoms with van der Waals surface area (Å²) in [5.41, 5.74) is 4.44. The second-order valence-corrected chi connectivity index (χ2v) is 17.0. The average molecular weight is 745 g/mol. The lowest BCUT2D eigenvalue weighted by Gasteiger charge is -2.32. The molecule has 0 bridgehead atoms. The predicted octanol–water partition coefficient (Wildman–Crippen LogP) is -1.13. The van der Waals surface area contributed by atoms with Crippen LogP contribution in [0.1, 0.15) is 78.8 Å². The van der Waals surface area contributed by atoms with Gasteiger partial charge in [0.15, 0.2) is 45.6 Å². The highest BCUT2D eigenvalue weighted by Gasteiger charge is 2.38. The molecule has 2 saturated heterocycles. The lowest BCUT2D eigenvalue weighted by atomic mass is 9.92. The standard InChI is InChI=1S/C32H48N20O2/c1-29(2,3)27-33-23(48-12-10-31(6,53)17-48)21-25(35-27)51(43-38-21)15-20-40-52(45-47(20)9)16-30(4,5)28-34-24(49-13-11-32(7,54)18-49)22-26(36-28)50(42-39-22)14-19-37-41-44-46(19)8/h52-54H,10-18H2,1-9H3/t31-,32+/m1/s1. The van der Waals surface area contributed by atoms with Crippen molar-refractivity contribution in [1.82, 2.24) is 75.1 Å². The van der Waals surface area contributed by atoms with Crippen LogP contribution in [0.15, 0.2) is 5.10 Å². The summed E-state index contributed by atoms with van der Waals surface area (Å²) in [6, 6.07) is 0. The van der Waals surface area contributed by atoms with Gasteiger partial charge in [0.25, 0.3) is 0 Å². The molecule has 288 valence electrons. The van der Waals surface area contributed by atoms with Gasteiger partial charge in [-0.25, -0.2) is 34.0 Å². The van der Waals surface area contributed by atoms with Gasteiger partial charge >= 0.3 is 0 Å². The highest BCUT2D eigenvalue weighted by atomic mass is 16.3. The number of aromatic nitrogens is 14. The van der Waals surface area contributed by atoms with Crippen molar-refractivity contribution in [3.8, 4) is 0 Å². The SMILES string of the molecule is CN1[N-][NH+](CC(C)(C)c2nc(N3CC[C@](C)(O)C3)c3nnn(Cc4nnnn4C)c3n2)N=C1Cn1nnc2c(N3CC[C@@](C)(O)C3)nc(C(C)(C)C)nc21. The van der Waals surface area contributed by atoms with Crippen LogP contribution in [-0.4, -0.2) is 142 Å². The normalized spacial score (nSPS) is 23.9. The summed E-state index contributed by atoms with van der Waals surface area (Å²) in [6.45, 7) is 17.1. The van der Waals surface area contributed by atoms with Crippen LogP contribution in [0.25, 0.3) is 27.9 Å². The molecule has 8 heterocycles. The summed E-state index contributed by atoms with van der Waals surface area (Å²) in [5, 5.41) is 58.6. The molecule has 3 aliphatic heterocycles. The number of aryl methyl sites for hydroxylation is 1. The molecule has 3 N–H and O–H groups in total. The van der Waals surface area contributed by atoms with Crippen molar-refractivity contribution in [2.75, 3.05) is 49.6 Å². The van der Waals surface area contributed by atoms with Gasteiger partial charge in [0, 0.05) is 38.6 Å². The lowest BCUT2D eigenvalue weighted by molar-refractivity contribution is -0.874. The van der Waals surface area contributed by atoms with Crippen LogP contribution < -0.4 is 14.9 Å². The van der Waals surface area contributed by atoms with Crippen LogP contribution in [0, 0.1) is 0 Å². The minimum Gasteiger partial charge on any atom is -0.409 e. The van der Waals surface area contributed by atoms with Crippen molar-refractivity contribution in [1.29, 1.82) is 0 Å². The van der Waals surface area contributed by atoms with Gasteiger partial charge in [-0.3, -0.25) is 5.12 Å². The number of rotatable bonds is 9. The van der Waals surface area contributed by atoms with Crippen LogP contribution in [0.5, 0.6) is 0 Å². The molecule has 22 nitrogen and oxygen atoms in total. The molecule has 2 fully saturated rings. The minimum absolute atomic E-state index is 0.263. The molecule has 5 aromatic heterocycles. The summed E-state index contributed by atoms with van der Waals surface area (Å²) in [4.78, 5) is 24.1. The second-order valence-electron chi connectivity index (χ2n) is 17.0. The second kappa shape index (κ2) is 12.5. The van der Waals surface area contributed by atoms with E-state index in [0.717, 1.165) is 0 Å². The number of nitrogens with one attached hydrogen (secondary N) is 1. The Morgan fingerprint density at radius 3 is 1.81 bits per heavy atom. The Morgan fingerprint density at radius 2 is 1.30 bits per heavy atom. The number of nitrogens with zero attached hydrogens (tertiary/aromatic N) is 19. The molecule has 8 rings (SSSR count). The fraction of sp³-hybridized carbons (Fsp3) is 0.688. The maximum atomic E-state index is 10.8. The highest BCUT2D eigenvalue weighted by Crippen LogP contribution is 2.33. The molecule has 0 saturated carbocycles. The number of hydrogen-bond donors (Lipinski definition) is 3. The molecule has 1 unspecified atom stereocenters. The molecular formula is C32H48N20O2. The van der Waals surface area contributed by atoms with E-state index in [9.17, 15) is 10.2 Å². The molecule has 54 heavy (non-hydrogen) atoms. The molecule has 3 aliphatic rings. The summed E-state index contributed by atoms with van der Waals surface area (Å²) < 4.78 is 4.99. The van der Waals surface area contributed by atoms with Crippen LogP contribution in [-0.2, 0) is 31.0 Å². The third-order valence-corrected chi connectivity index (χ3v) is 10.3. The Morgan fingerprint density at radius 1 is 0.741 bits per heavy atom. The topological polar surface area (TPSA) is 238 Å². The fourth-order valence-electron chi connectivity index (χ4n) is 7.04. The number of tetrazole rings is 1. The highest BCUT2D eigenvalue weighted by molar-refractivity contribution is 5.87. The third kappa shape index (κ3) is 6.66. The molecule has 22 heteroatoms. The quantitative estimate of drug-likeness (QED) is 0.162. The first-order valence-electron chi connectivity index (χ1n) is 18.1. The van der Waals surface area contributed by atoms with Crippen molar-refractivity contribution >= 4 is 39.8 Å². The van der Waals surface area contributed by atoms with E-state index in [1.165, 1.54) is 0 Å². The Labute approximate surface area is 311 Å². The number of β-amino-alcohol motifs (C(OH)–C–C–N with tert-alkyl or cyclic N) is 2. The van der Waals surface area contributed by atoms with Crippen molar-refractivity contribution < 1.29 is 15.3 Å². The van der Waals surface area contributed by atoms with Crippen molar-refractivity contribution in [3.63, 3.8) is 0 Å². The maximum absolute atomic E-state index is 10.8. The third-order valence-electron chi connectivity index (χ3n) is 10.3. The van der Waals surface area contributed by atoms with Crippen LogP contribution in [0.2, 0.25) is 0 Å². The number of hydrogen-bond acceptors (Lipinski definition) is 17. The van der Waals surface area contributed by atoms with E-state index in [4.69, 9.17) is 30.6 Å². The number of likely N-dealkylation sites (N-methyl/N-ethyl adjacent to an activating group) is 1. The summed E-state index contributed by atoms with van der Waals surface area (Å²) in [6.07, 6.45) is 1.24. The first-order chi connectivity index (χ1) is 25.4. The Balaban J connectivity index is 1.09. The summed E-state index contributed by atoms with van der Waals surface area (Å²) >= 11 is 0. The number of fused-ring (bicyclic) bond motifs is 2. The van der Waals surface area contributed by atoms with E-state index in [1.807, 2.05) is 25.8 Å². The molecule has 0 aromatic carbocycles. The summed E-state index contributed by atoms with van der Waals surface area (Å²) in [5.74, 6) is 3.79. The van der Waals surface area contributed by atoms with Gasteiger partial charge in [0.2, 0.25) is 0 Å². The Hall–Kier alpha value is -5.06. The van der Waals surface area contributed by atoms with Crippen molar-refractivity contribution in [2.45, 2.75) is 96.4 Å². The summed E-state index contributed by atoms with van der Waals surface area (Å²) in [7, 11) is 3.63. The van der Waals surface area contributed by atoms with Gasteiger partial charge in [0.05, 0.1) is 16.6 Å². The van der Waals surface area contributed by atoms with E-state index in [1.54, 1.807) is 26.1 Å². The van der Waals surface area contributed by atoms with Crippen molar-refractivity contribution in [3.05, 3.63) is 23.0 Å². The molecule has 5 aromatic rings. The molecule has 0 aliphatic carbocycles. The van der Waals surface area contributed by atoms with E-state index < -0.39 is 16.6 Å². The van der Waals surface area contributed by atoms with Gasteiger partial charge in [-0.05, 0) is 58.0 Å². The number of amidine groups is 1. The molecule has 0 radical (unpaired) electrons. The van der Waals surface area contributed by atoms with E-state index in [-0.39, 0.29) is 18.5 Å². The number of quaternary nitrogens is 1. The largest absolute Gasteiger partial charge is 0.409 e. The average Bonchev–Trinajstić information content (AvgIpc) is 3.94. The monoisotopic (exact) mass is 744 g/mol. The first-order valence-corrected chi connectivity index (χ1v) is 18.1. The predicted molar refractivity (Wildman–Crippen MR) is 195 cm³/mol. The molecule has 3 atom stereocenters. The first kappa shape index (κ1) is 35.9. The van der Waals surface area contributed by atoms with Crippen LogP contribution in [0.4, 0.5) is 11.6 Å². The van der Waals surface area contributed by atoms with Gasteiger partial charge in [-0.1, -0.05) is 36.3 Å². The smallest absolute Gasteiger partial charge is 0.184 e. The zero-order valence-corrected chi connectivity index (χ0v) is 32.3. The van der Waals surface area contributed by atoms with E-state index in [2.05, 4.69) is 75.7 Å². The number of aliphatic hydroxyl groups is 2. The molecular weight excluding hydrogens is 696 g/mol. The van der Waals surface area contributed by atoms with Crippen molar-refractivity contribution in [2.24, 2.45) is 12.1 Å². The van der Waals surface area contributed by atoms with Crippen LogP contribution >= 0.6 is 0 Å². The van der Waals surface area contributed by atoms with Crippen LogP contribution in [0.3, 0.4) is 0 Å².